The average Bonchev–Trinajstić information content (AvgIpc) is 2.47. The van der Waals surface area contributed by atoms with Crippen LogP contribution in [0.25, 0.3) is 0 Å². The van der Waals surface area contributed by atoms with E-state index in [0.29, 0.717) is 6.42 Å². The van der Waals surface area contributed by atoms with Crippen molar-refractivity contribution < 1.29 is 4.79 Å². The standard InChI is InChI=1S/C17H17ClOS/c1-2-5-17(19)13-8-10-15(11-9-13)20-12-14-6-3-4-7-16(14)18/h3-4,6-11H,2,5,12H2,1H3. The Labute approximate surface area is 129 Å². The molecule has 3 heteroatoms. The van der Waals surface area contributed by atoms with Gasteiger partial charge in [0.2, 0.25) is 0 Å². The zero-order valence-electron chi connectivity index (χ0n) is 11.4. The summed E-state index contributed by atoms with van der Waals surface area (Å²) >= 11 is 7.86. The highest BCUT2D eigenvalue weighted by molar-refractivity contribution is 7.98. The van der Waals surface area contributed by atoms with Gasteiger partial charge in [0.25, 0.3) is 0 Å². The van der Waals surface area contributed by atoms with Crippen LogP contribution in [0.5, 0.6) is 0 Å². The molecule has 0 amide bonds. The predicted molar refractivity (Wildman–Crippen MR) is 86.7 cm³/mol. The number of hydrogen-bond acceptors (Lipinski definition) is 2. The highest BCUT2D eigenvalue weighted by Crippen LogP contribution is 2.26. The first kappa shape index (κ1) is 15.1. The zero-order chi connectivity index (χ0) is 14.4. The highest BCUT2D eigenvalue weighted by atomic mass is 35.5. The Kier molecular flexibility index (Phi) is 5.69. The van der Waals surface area contributed by atoms with Crippen molar-refractivity contribution in [3.05, 3.63) is 64.7 Å². The van der Waals surface area contributed by atoms with Gasteiger partial charge >= 0.3 is 0 Å². The maximum atomic E-state index is 11.8. The topological polar surface area (TPSA) is 17.1 Å². The van der Waals surface area contributed by atoms with Crippen LogP contribution in [0, 0.1) is 0 Å². The lowest BCUT2D eigenvalue weighted by Gasteiger charge is -2.05. The molecule has 0 aliphatic carbocycles. The molecule has 0 fully saturated rings. The van der Waals surface area contributed by atoms with Crippen LogP contribution in [-0.4, -0.2) is 5.78 Å². The van der Waals surface area contributed by atoms with Crippen LogP contribution >= 0.6 is 23.4 Å². The fourth-order valence-corrected chi connectivity index (χ4v) is 3.07. The summed E-state index contributed by atoms with van der Waals surface area (Å²) in [5.74, 6) is 1.05. The fourth-order valence-electron chi connectivity index (χ4n) is 1.88. The normalized spacial score (nSPS) is 10.5. The van der Waals surface area contributed by atoms with Crippen LogP contribution in [0.3, 0.4) is 0 Å². The zero-order valence-corrected chi connectivity index (χ0v) is 13.0. The molecular formula is C17H17ClOS. The molecule has 0 aliphatic rings. The predicted octanol–water partition coefficient (Wildman–Crippen LogP) is 5.62. The number of halogens is 1. The Morgan fingerprint density at radius 3 is 2.45 bits per heavy atom. The average molecular weight is 305 g/mol. The molecule has 0 aromatic heterocycles. The lowest BCUT2D eigenvalue weighted by Crippen LogP contribution is -1.97. The Hall–Kier alpha value is -1.25. The van der Waals surface area contributed by atoms with Gasteiger partial charge in [-0.25, -0.2) is 0 Å². The lowest BCUT2D eigenvalue weighted by molar-refractivity contribution is 0.0981. The van der Waals surface area contributed by atoms with E-state index in [1.165, 1.54) is 0 Å². The first-order chi connectivity index (χ1) is 9.70. The molecule has 2 aromatic carbocycles. The Morgan fingerprint density at radius 1 is 1.10 bits per heavy atom. The molecule has 0 N–H and O–H groups in total. The second-order valence-corrected chi connectivity index (χ2v) is 6.03. The molecule has 0 saturated heterocycles. The summed E-state index contributed by atoms with van der Waals surface area (Å²) in [7, 11) is 0. The van der Waals surface area contributed by atoms with E-state index >= 15 is 0 Å². The Morgan fingerprint density at radius 2 is 1.80 bits per heavy atom. The maximum absolute atomic E-state index is 11.8. The minimum Gasteiger partial charge on any atom is -0.294 e. The largest absolute Gasteiger partial charge is 0.294 e. The van der Waals surface area contributed by atoms with E-state index in [0.717, 1.165) is 33.2 Å². The molecule has 1 nitrogen and oxygen atoms in total. The van der Waals surface area contributed by atoms with Crippen molar-refractivity contribution in [3.8, 4) is 0 Å². The number of hydrogen-bond donors (Lipinski definition) is 0. The van der Waals surface area contributed by atoms with Crippen molar-refractivity contribution in [2.45, 2.75) is 30.4 Å². The van der Waals surface area contributed by atoms with Gasteiger partial charge in [0.15, 0.2) is 5.78 Å². The number of carbonyl (C=O) groups is 1. The highest BCUT2D eigenvalue weighted by Gasteiger charge is 2.05. The molecule has 0 heterocycles. The van der Waals surface area contributed by atoms with E-state index in [9.17, 15) is 4.79 Å². The maximum Gasteiger partial charge on any atom is 0.162 e. The van der Waals surface area contributed by atoms with Gasteiger partial charge in [0, 0.05) is 27.7 Å². The number of carbonyl (C=O) groups excluding carboxylic acids is 1. The molecule has 0 bridgehead atoms. The molecule has 0 spiro atoms. The number of benzene rings is 2. The van der Waals surface area contributed by atoms with Crippen molar-refractivity contribution in [1.29, 1.82) is 0 Å². The summed E-state index contributed by atoms with van der Waals surface area (Å²) in [6.45, 7) is 2.02. The van der Waals surface area contributed by atoms with Gasteiger partial charge in [-0.2, -0.15) is 0 Å². The third-order valence-electron chi connectivity index (χ3n) is 3.01. The van der Waals surface area contributed by atoms with Crippen molar-refractivity contribution in [1.82, 2.24) is 0 Å². The van der Waals surface area contributed by atoms with Crippen LogP contribution in [0.1, 0.15) is 35.7 Å². The summed E-state index contributed by atoms with van der Waals surface area (Å²) in [5, 5.41) is 0.801. The minimum atomic E-state index is 0.218. The molecule has 0 atom stereocenters. The molecule has 0 saturated carbocycles. The molecule has 0 aliphatic heterocycles. The van der Waals surface area contributed by atoms with Crippen LogP contribution in [0.2, 0.25) is 5.02 Å². The third-order valence-corrected chi connectivity index (χ3v) is 4.44. The van der Waals surface area contributed by atoms with Crippen molar-refractivity contribution in [2.75, 3.05) is 0 Å². The summed E-state index contributed by atoms with van der Waals surface area (Å²) in [6.07, 6.45) is 1.51. The first-order valence-corrected chi connectivity index (χ1v) is 8.06. The van der Waals surface area contributed by atoms with Gasteiger partial charge in [0.1, 0.15) is 0 Å². The van der Waals surface area contributed by atoms with E-state index in [2.05, 4.69) is 0 Å². The van der Waals surface area contributed by atoms with E-state index in [4.69, 9.17) is 11.6 Å². The van der Waals surface area contributed by atoms with Gasteiger partial charge in [-0.3, -0.25) is 4.79 Å². The monoisotopic (exact) mass is 304 g/mol. The van der Waals surface area contributed by atoms with E-state index in [-0.39, 0.29) is 5.78 Å². The van der Waals surface area contributed by atoms with Gasteiger partial charge < -0.3 is 0 Å². The van der Waals surface area contributed by atoms with Gasteiger partial charge in [-0.05, 0) is 30.2 Å². The van der Waals surface area contributed by atoms with Crippen LogP contribution < -0.4 is 0 Å². The lowest BCUT2D eigenvalue weighted by atomic mass is 10.1. The molecule has 0 unspecified atom stereocenters. The molecule has 20 heavy (non-hydrogen) atoms. The molecule has 0 radical (unpaired) electrons. The summed E-state index contributed by atoms with van der Waals surface area (Å²) < 4.78 is 0. The first-order valence-electron chi connectivity index (χ1n) is 6.70. The quantitative estimate of drug-likeness (QED) is 0.509. The van der Waals surface area contributed by atoms with E-state index in [1.54, 1.807) is 11.8 Å². The Balaban J connectivity index is 1.98. The summed E-state index contributed by atoms with van der Waals surface area (Å²) in [6, 6.07) is 15.7. The summed E-state index contributed by atoms with van der Waals surface area (Å²) in [4.78, 5) is 12.9. The van der Waals surface area contributed by atoms with E-state index in [1.807, 2.05) is 55.5 Å². The smallest absolute Gasteiger partial charge is 0.162 e. The number of rotatable bonds is 6. The fraction of sp³-hybridized carbons (Fsp3) is 0.235. The van der Waals surface area contributed by atoms with Gasteiger partial charge in [-0.15, -0.1) is 11.8 Å². The van der Waals surface area contributed by atoms with Crippen LogP contribution in [0.4, 0.5) is 0 Å². The number of ketones is 1. The van der Waals surface area contributed by atoms with Crippen LogP contribution in [0.15, 0.2) is 53.4 Å². The van der Waals surface area contributed by atoms with Gasteiger partial charge in [0.05, 0.1) is 0 Å². The Bertz CT molecular complexity index is 578. The second kappa shape index (κ2) is 7.51. The van der Waals surface area contributed by atoms with Gasteiger partial charge in [-0.1, -0.05) is 48.9 Å². The SMILES string of the molecule is CCCC(=O)c1ccc(SCc2ccccc2Cl)cc1. The number of Topliss-reactive ketones (excluding diaryl/α,β-unsaturated/α-hetero) is 1. The van der Waals surface area contributed by atoms with Crippen LogP contribution in [-0.2, 0) is 5.75 Å². The van der Waals surface area contributed by atoms with E-state index < -0.39 is 0 Å². The molecule has 2 aromatic rings. The number of thioether (sulfide) groups is 1. The molecular weight excluding hydrogens is 288 g/mol. The third kappa shape index (κ3) is 4.12. The molecule has 2 rings (SSSR count). The van der Waals surface area contributed by atoms with Crippen molar-refractivity contribution in [2.24, 2.45) is 0 Å². The second-order valence-electron chi connectivity index (χ2n) is 4.58. The minimum absolute atomic E-state index is 0.218. The van der Waals surface area contributed by atoms with Crippen molar-refractivity contribution >= 4 is 29.1 Å². The van der Waals surface area contributed by atoms with Crippen molar-refractivity contribution in [3.63, 3.8) is 0 Å². The summed E-state index contributed by atoms with van der Waals surface area (Å²) in [5.41, 5.74) is 1.93. The molecule has 104 valence electrons.